The summed E-state index contributed by atoms with van der Waals surface area (Å²) < 4.78 is 44.6. The molecule has 0 saturated heterocycles. The van der Waals surface area contributed by atoms with E-state index < -0.39 is 26.7 Å². The van der Waals surface area contributed by atoms with Crippen LogP contribution in [0.25, 0.3) is 0 Å². The average molecular weight is 314 g/mol. The quantitative estimate of drug-likeness (QED) is 0.861. The van der Waals surface area contributed by atoms with Crippen molar-refractivity contribution >= 4 is 16.0 Å². The Bertz CT molecular complexity index is 785. The Morgan fingerprint density at radius 3 is 2.71 bits per heavy atom. The third-order valence-corrected chi connectivity index (χ3v) is 4.00. The molecule has 112 valence electrons. The van der Waals surface area contributed by atoms with Crippen LogP contribution in [0.4, 0.5) is 4.39 Å². The Balaban J connectivity index is 2.26. The monoisotopic (exact) mass is 314 g/mol. The number of aryl methyl sites for hydroxylation is 1. The molecule has 0 unspecified atom stereocenters. The number of nitrogens with one attached hydrogen (secondary N) is 1. The zero-order valence-electron chi connectivity index (χ0n) is 10.8. The molecule has 7 nitrogen and oxygen atoms in total. The van der Waals surface area contributed by atoms with Crippen molar-refractivity contribution in [2.45, 2.75) is 18.4 Å². The van der Waals surface area contributed by atoms with Crippen molar-refractivity contribution in [2.75, 3.05) is 0 Å². The summed E-state index contributed by atoms with van der Waals surface area (Å²) in [4.78, 5) is 10.1. The summed E-state index contributed by atoms with van der Waals surface area (Å²) >= 11 is 0. The van der Waals surface area contributed by atoms with Crippen LogP contribution in [0.15, 0.2) is 33.7 Å². The lowest BCUT2D eigenvalue weighted by atomic mass is 10.2. The molecule has 0 amide bonds. The van der Waals surface area contributed by atoms with E-state index in [1.807, 2.05) is 0 Å². The smallest absolute Gasteiger partial charge is 0.335 e. The molecule has 0 saturated carbocycles. The second kappa shape index (κ2) is 5.62. The largest absolute Gasteiger partial charge is 0.478 e. The number of carbonyl (C=O) groups is 1. The first-order chi connectivity index (χ1) is 9.79. The highest BCUT2D eigenvalue weighted by molar-refractivity contribution is 7.89. The molecule has 9 heteroatoms. The van der Waals surface area contributed by atoms with Gasteiger partial charge < -0.3 is 9.63 Å². The minimum atomic E-state index is -4.21. The molecule has 0 bridgehead atoms. The Morgan fingerprint density at radius 1 is 1.43 bits per heavy atom. The van der Waals surface area contributed by atoms with E-state index in [9.17, 15) is 17.6 Å². The van der Waals surface area contributed by atoms with E-state index in [-0.39, 0.29) is 17.9 Å². The topological polar surface area (TPSA) is 110 Å². The van der Waals surface area contributed by atoms with E-state index in [1.54, 1.807) is 6.92 Å². The fourth-order valence-electron chi connectivity index (χ4n) is 1.59. The first-order valence-corrected chi connectivity index (χ1v) is 7.22. The van der Waals surface area contributed by atoms with E-state index in [0.29, 0.717) is 5.69 Å². The van der Waals surface area contributed by atoms with Crippen LogP contribution >= 0.6 is 0 Å². The molecule has 0 aliphatic rings. The number of carboxylic acid groups (broad SMARTS) is 1. The van der Waals surface area contributed by atoms with Gasteiger partial charge in [-0.15, -0.1) is 0 Å². The van der Waals surface area contributed by atoms with E-state index >= 15 is 0 Å². The lowest BCUT2D eigenvalue weighted by Gasteiger charge is -2.07. The predicted octanol–water partition coefficient (Wildman–Crippen LogP) is 1.30. The number of rotatable bonds is 5. The summed E-state index contributed by atoms with van der Waals surface area (Å²) in [7, 11) is -4.21. The zero-order valence-corrected chi connectivity index (χ0v) is 11.6. The van der Waals surface area contributed by atoms with Crippen molar-refractivity contribution < 1.29 is 27.2 Å². The van der Waals surface area contributed by atoms with E-state index in [0.717, 1.165) is 18.2 Å². The van der Waals surface area contributed by atoms with Gasteiger partial charge in [-0.3, -0.25) is 0 Å². The zero-order chi connectivity index (χ0) is 15.6. The van der Waals surface area contributed by atoms with Crippen LogP contribution in [-0.2, 0) is 16.6 Å². The molecular formula is C12H11FN2O5S. The molecule has 0 radical (unpaired) electrons. The number of hydrogen-bond donors (Lipinski definition) is 2. The number of carboxylic acids is 1. The highest BCUT2D eigenvalue weighted by Gasteiger charge is 2.21. The minimum Gasteiger partial charge on any atom is -0.478 e. The summed E-state index contributed by atoms with van der Waals surface area (Å²) in [5.74, 6) is -2.13. The minimum absolute atomic E-state index is 0.222. The molecule has 2 N–H and O–H groups in total. The van der Waals surface area contributed by atoms with Crippen molar-refractivity contribution in [3.8, 4) is 0 Å². The number of hydrogen-bond acceptors (Lipinski definition) is 5. The molecule has 2 rings (SSSR count). The standard InChI is InChI=1S/C12H11FN2O5S/c1-7-4-9(20-15-7)6-14-21(18,19)11-5-8(12(16)17)2-3-10(11)13/h2-5,14H,6H2,1H3,(H,16,17). The molecule has 0 atom stereocenters. The molecule has 0 aliphatic carbocycles. The molecule has 21 heavy (non-hydrogen) atoms. The number of sulfonamides is 1. The van der Waals surface area contributed by atoms with Gasteiger partial charge in [0.25, 0.3) is 0 Å². The van der Waals surface area contributed by atoms with E-state index in [2.05, 4.69) is 9.88 Å². The lowest BCUT2D eigenvalue weighted by molar-refractivity contribution is 0.0696. The van der Waals surface area contributed by atoms with Crippen molar-refractivity contribution in [2.24, 2.45) is 0 Å². The molecule has 0 spiro atoms. The Labute approximate surface area is 119 Å². The summed E-state index contributed by atoms with van der Waals surface area (Å²) in [5.41, 5.74) is 0.246. The van der Waals surface area contributed by atoms with Crippen LogP contribution in [0.1, 0.15) is 21.8 Å². The lowest BCUT2D eigenvalue weighted by Crippen LogP contribution is -2.24. The summed E-state index contributed by atoms with van der Waals surface area (Å²) in [6.45, 7) is 1.44. The number of halogens is 1. The number of aromatic carboxylic acids is 1. The van der Waals surface area contributed by atoms with Crippen LogP contribution in [0.5, 0.6) is 0 Å². The van der Waals surface area contributed by atoms with Crippen LogP contribution in [0.3, 0.4) is 0 Å². The van der Waals surface area contributed by atoms with Gasteiger partial charge in [0.05, 0.1) is 17.8 Å². The Kier molecular flexibility index (Phi) is 4.05. The first kappa shape index (κ1) is 15.1. The van der Waals surface area contributed by atoms with Gasteiger partial charge in [0.2, 0.25) is 10.0 Å². The normalized spacial score (nSPS) is 11.5. The predicted molar refractivity (Wildman–Crippen MR) is 68.6 cm³/mol. The maximum absolute atomic E-state index is 13.6. The SMILES string of the molecule is Cc1cc(CNS(=O)(=O)c2cc(C(=O)O)ccc2F)on1. The van der Waals surface area contributed by atoms with Gasteiger partial charge in [-0.05, 0) is 25.1 Å². The second-order valence-corrected chi connectivity index (χ2v) is 5.94. The van der Waals surface area contributed by atoms with Gasteiger partial charge >= 0.3 is 5.97 Å². The number of benzene rings is 1. The molecule has 1 aromatic heterocycles. The van der Waals surface area contributed by atoms with Crippen molar-refractivity contribution in [1.82, 2.24) is 9.88 Å². The molecule has 0 aliphatic heterocycles. The Hall–Kier alpha value is -2.26. The fourth-order valence-corrected chi connectivity index (χ4v) is 2.68. The van der Waals surface area contributed by atoms with Crippen molar-refractivity contribution in [3.63, 3.8) is 0 Å². The van der Waals surface area contributed by atoms with E-state index in [1.165, 1.54) is 6.07 Å². The van der Waals surface area contributed by atoms with Crippen LogP contribution in [0.2, 0.25) is 0 Å². The molecule has 1 aromatic carbocycles. The Morgan fingerprint density at radius 2 is 2.14 bits per heavy atom. The van der Waals surface area contributed by atoms with Crippen molar-refractivity contribution in [1.29, 1.82) is 0 Å². The van der Waals surface area contributed by atoms with Gasteiger partial charge in [-0.2, -0.15) is 0 Å². The molecular weight excluding hydrogens is 303 g/mol. The van der Waals surface area contributed by atoms with Crippen LogP contribution < -0.4 is 4.72 Å². The van der Waals surface area contributed by atoms with Crippen molar-refractivity contribution in [3.05, 3.63) is 47.1 Å². The third-order valence-electron chi connectivity index (χ3n) is 2.58. The maximum atomic E-state index is 13.6. The van der Waals surface area contributed by atoms with Gasteiger partial charge in [0.1, 0.15) is 10.7 Å². The summed E-state index contributed by atoms with van der Waals surface area (Å²) in [5, 5.41) is 12.4. The van der Waals surface area contributed by atoms with Gasteiger partial charge in [0, 0.05) is 6.07 Å². The summed E-state index contributed by atoms with van der Waals surface area (Å²) in [6, 6.07) is 4.05. The fraction of sp³-hybridized carbons (Fsp3) is 0.167. The number of aromatic nitrogens is 1. The van der Waals surface area contributed by atoms with Gasteiger partial charge in [-0.25, -0.2) is 22.3 Å². The van der Waals surface area contributed by atoms with Gasteiger partial charge in [-0.1, -0.05) is 5.16 Å². The first-order valence-electron chi connectivity index (χ1n) is 5.74. The summed E-state index contributed by atoms with van der Waals surface area (Å²) in [6.07, 6.45) is 0. The molecule has 1 heterocycles. The number of nitrogens with zero attached hydrogens (tertiary/aromatic N) is 1. The highest BCUT2D eigenvalue weighted by atomic mass is 32.2. The van der Waals surface area contributed by atoms with E-state index in [4.69, 9.17) is 9.63 Å². The molecule has 0 fully saturated rings. The van der Waals surface area contributed by atoms with Crippen LogP contribution in [-0.4, -0.2) is 24.7 Å². The van der Waals surface area contributed by atoms with Gasteiger partial charge in [0.15, 0.2) is 5.76 Å². The second-order valence-electron chi connectivity index (χ2n) is 4.21. The van der Waals surface area contributed by atoms with Crippen LogP contribution in [0, 0.1) is 12.7 Å². The average Bonchev–Trinajstić information content (AvgIpc) is 2.82. The highest BCUT2D eigenvalue weighted by Crippen LogP contribution is 2.17. The maximum Gasteiger partial charge on any atom is 0.335 e. The third kappa shape index (κ3) is 3.44. The molecule has 2 aromatic rings.